The first-order chi connectivity index (χ1) is 13.0. The summed E-state index contributed by atoms with van der Waals surface area (Å²) in [5.41, 5.74) is 5.43. The Balaban J connectivity index is 1.60. The number of imidazole rings is 1. The second-order valence-electron chi connectivity index (χ2n) is 6.41. The van der Waals surface area contributed by atoms with Crippen LogP contribution in [-0.2, 0) is 0 Å². The Kier molecular flexibility index (Phi) is 3.95. The monoisotopic (exact) mass is 361 g/mol. The molecule has 0 bridgehead atoms. The zero-order valence-electron chi connectivity index (χ0n) is 15.6. The number of nitrogens with zero attached hydrogens (tertiary/aromatic N) is 6. The van der Waals surface area contributed by atoms with E-state index in [1.807, 2.05) is 52.1 Å². The first-order valence-corrected chi connectivity index (χ1v) is 8.56. The average molecular weight is 361 g/mol. The molecule has 4 aromatic heterocycles. The molecule has 0 aliphatic carbocycles. The number of hydrogen-bond acceptors (Lipinski definition) is 5. The number of amides is 1. The van der Waals surface area contributed by atoms with Crippen LogP contribution in [0.5, 0.6) is 0 Å². The fourth-order valence-electron chi connectivity index (χ4n) is 2.99. The van der Waals surface area contributed by atoms with Gasteiger partial charge >= 0.3 is 0 Å². The van der Waals surface area contributed by atoms with Crippen LogP contribution >= 0.6 is 0 Å². The average Bonchev–Trinajstić information content (AvgIpc) is 3.13. The largest absolute Gasteiger partial charge is 0.318 e. The molecule has 0 radical (unpaired) electrons. The number of anilines is 1. The molecule has 0 fully saturated rings. The van der Waals surface area contributed by atoms with E-state index in [0.29, 0.717) is 23.0 Å². The molecule has 8 nitrogen and oxygen atoms in total. The second kappa shape index (κ2) is 6.31. The Morgan fingerprint density at radius 2 is 1.78 bits per heavy atom. The van der Waals surface area contributed by atoms with E-state index in [2.05, 4.69) is 25.4 Å². The molecule has 4 heterocycles. The van der Waals surface area contributed by atoms with E-state index in [9.17, 15) is 4.79 Å². The summed E-state index contributed by atoms with van der Waals surface area (Å²) in [6, 6.07) is 5.61. The van der Waals surface area contributed by atoms with Crippen molar-refractivity contribution in [2.75, 3.05) is 5.32 Å². The van der Waals surface area contributed by atoms with E-state index in [4.69, 9.17) is 0 Å². The molecule has 0 saturated carbocycles. The Hall–Kier alpha value is -3.55. The molecular formula is C19H19N7O. The van der Waals surface area contributed by atoms with Gasteiger partial charge in [-0.15, -0.1) is 0 Å². The third-order valence-electron chi connectivity index (χ3n) is 4.66. The van der Waals surface area contributed by atoms with Gasteiger partial charge in [0.05, 0.1) is 29.5 Å². The Labute approximate surface area is 155 Å². The zero-order chi connectivity index (χ0) is 19.1. The number of aromatic nitrogens is 6. The lowest BCUT2D eigenvalue weighted by atomic mass is 10.2. The summed E-state index contributed by atoms with van der Waals surface area (Å²) >= 11 is 0. The van der Waals surface area contributed by atoms with Gasteiger partial charge in [-0.2, -0.15) is 5.10 Å². The van der Waals surface area contributed by atoms with Gasteiger partial charge < -0.3 is 5.32 Å². The van der Waals surface area contributed by atoms with Gasteiger partial charge in [0, 0.05) is 11.9 Å². The van der Waals surface area contributed by atoms with Crippen LogP contribution in [0.2, 0.25) is 0 Å². The van der Waals surface area contributed by atoms with E-state index in [0.717, 1.165) is 22.6 Å². The van der Waals surface area contributed by atoms with Crippen molar-refractivity contribution >= 4 is 17.2 Å². The van der Waals surface area contributed by atoms with Crippen LogP contribution in [0.4, 0.5) is 5.69 Å². The summed E-state index contributed by atoms with van der Waals surface area (Å²) in [6.45, 7) is 7.75. The predicted molar refractivity (Wildman–Crippen MR) is 101 cm³/mol. The minimum absolute atomic E-state index is 0.260. The van der Waals surface area contributed by atoms with E-state index >= 15 is 0 Å². The van der Waals surface area contributed by atoms with Gasteiger partial charge in [-0.25, -0.2) is 19.6 Å². The highest BCUT2D eigenvalue weighted by Crippen LogP contribution is 2.16. The Morgan fingerprint density at radius 3 is 2.44 bits per heavy atom. The molecule has 27 heavy (non-hydrogen) atoms. The maximum atomic E-state index is 12.7. The van der Waals surface area contributed by atoms with Crippen molar-refractivity contribution in [2.24, 2.45) is 0 Å². The highest BCUT2D eigenvalue weighted by Gasteiger charge is 2.17. The third kappa shape index (κ3) is 2.84. The zero-order valence-corrected chi connectivity index (χ0v) is 15.6. The first-order valence-electron chi connectivity index (χ1n) is 8.56. The maximum Gasteiger partial charge on any atom is 0.274 e. The Bertz CT molecular complexity index is 1150. The van der Waals surface area contributed by atoms with Crippen LogP contribution in [0.3, 0.4) is 0 Å². The number of nitrogens with one attached hydrogen (secondary N) is 1. The molecule has 8 heteroatoms. The molecule has 1 amide bonds. The second-order valence-corrected chi connectivity index (χ2v) is 6.41. The number of carbonyl (C=O) groups excluding carboxylic acids is 1. The van der Waals surface area contributed by atoms with E-state index in [-0.39, 0.29) is 5.91 Å². The summed E-state index contributed by atoms with van der Waals surface area (Å²) in [5.74, 6) is 0.206. The quantitative estimate of drug-likeness (QED) is 0.606. The fraction of sp³-hybridized carbons (Fsp3) is 0.211. The van der Waals surface area contributed by atoms with Crippen LogP contribution in [0.15, 0.2) is 36.8 Å². The van der Waals surface area contributed by atoms with E-state index in [1.165, 1.54) is 0 Å². The lowest BCUT2D eigenvalue weighted by Gasteiger charge is -2.07. The van der Waals surface area contributed by atoms with Crippen molar-refractivity contribution in [1.82, 2.24) is 29.1 Å². The van der Waals surface area contributed by atoms with Gasteiger partial charge in [0.15, 0.2) is 0 Å². The molecule has 0 aromatic carbocycles. The lowest BCUT2D eigenvalue weighted by Crippen LogP contribution is -2.16. The minimum atomic E-state index is -0.260. The van der Waals surface area contributed by atoms with Crippen LogP contribution < -0.4 is 5.32 Å². The van der Waals surface area contributed by atoms with Crippen molar-refractivity contribution in [2.45, 2.75) is 27.7 Å². The summed E-state index contributed by atoms with van der Waals surface area (Å²) in [5, 5.41) is 7.28. The van der Waals surface area contributed by atoms with Crippen molar-refractivity contribution in [3.8, 4) is 5.95 Å². The van der Waals surface area contributed by atoms with Gasteiger partial charge in [0.2, 0.25) is 0 Å². The van der Waals surface area contributed by atoms with Gasteiger partial charge in [-0.05, 0) is 45.4 Å². The van der Waals surface area contributed by atoms with Crippen LogP contribution in [0.1, 0.15) is 33.1 Å². The first kappa shape index (κ1) is 16.9. The SMILES string of the molecule is Cc1nn(-c2ncc(NC(=O)c3c(C)nc4ccccn34)cn2)c(C)c1C. The summed E-state index contributed by atoms with van der Waals surface area (Å²) in [7, 11) is 0. The van der Waals surface area contributed by atoms with Crippen molar-refractivity contribution in [1.29, 1.82) is 0 Å². The molecule has 1 N–H and O–H groups in total. The Morgan fingerprint density at radius 1 is 1.04 bits per heavy atom. The highest BCUT2D eigenvalue weighted by molar-refractivity contribution is 6.04. The number of pyridine rings is 1. The maximum absolute atomic E-state index is 12.7. The highest BCUT2D eigenvalue weighted by atomic mass is 16.2. The van der Waals surface area contributed by atoms with Crippen molar-refractivity contribution < 1.29 is 4.79 Å². The molecule has 0 aliphatic heterocycles. The molecule has 0 unspecified atom stereocenters. The van der Waals surface area contributed by atoms with Gasteiger partial charge in [-0.1, -0.05) is 6.07 Å². The molecule has 0 aliphatic rings. The molecule has 0 atom stereocenters. The summed E-state index contributed by atoms with van der Waals surface area (Å²) in [6.07, 6.45) is 4.96. The predicted octanol–water partition coefficient (Wildman–Crippen LogP) is 2.80. The number of carbonyl (C=O) groups is 1. The summed E-state index contributed by atoms with van der Waals surface area (Å²) in [4.78, 5) is 25.8. The molecule has 4 aromatic rings. The number of fused-ring (bicyclic) bond motifs is 1. The number of aryl methyl sites for hydroxylation is 2. The van der Waals surface area contributed by atoms with Crippen LogP contribution in [-0.4, -0.2) is 35.0 Å². The standard InChI is InChI=1S/C19H19N7O/c1-11-12(2)24-26(14(11)4)19-20-9-15(10-21-19)23-18(27)17-13(3)22-16-7-5-6-8-25(16)17/h5-10H,1-4H3,(H,23,27). The van der Waals surface area contributed by atoms with Gasteiger partial charge in [0.1, 0.15) is 11.3 Å². The molecule has 4 rings (SSSR count). The molecule has 0 saturated heterocycles. The van der Waals surface area contributed by atoms with Crippen molar-refractivity contribution in [3.63, 3.8) is 0 Å². The van der Waals surface area contributed by atoms with Crippen LogP contribution in [0.25, 0.3) is 11.6 Å². The topological polar surface area (TPSA) is 90.0 Å². The minimum Gasteiger partial charge on any atom is -0.318 e. The van der Waals surface area contributed by atoms with Gasteiger partial charge in [0.25, 0.3) is 11.9 Å². The van der Waals surface area contributed by atoms with Gasteiger partial charge in [-0.3, -0.25) is 9.20 Å². The smallest absolute Gasteiger partial charge is 0.274 e. The fourth-order valence-corrected chi connectivity index (χ4v) is 2.99. The number of rotatable bonds is 3. The van der Waals surface area contributed by atoms with Crippen molar-refractivity contribution in [3.05, 3.63) is 65.1 Å². The number of hydrogen-bond donors (Lipinski definition) is 1. The molecule has 136 valence electrons. The third-order valence-corrected chi connectivity index (χ3v) is 4.66. The molecule has 0 spiro atoms. The van der Waals surface area contributed by atoms with E-state index in [1.54, 1.807) is 21.5 Å². The van der Waals surface area contributed by atoms with E-state index < -0.39 is 0 Å². The normalized spacial score (nSPS) is 11.1. The molecular weight excluding hydrogens is 342 g/mol. The van der Waals surface area contributed by atoms with Crippen LogP contribution in [0, 0.1) is 27.7 Å². The summed E-state index contributed by atoms with van der Waals surface area (Å²) < 4.78 is 3.46. The lowest BCUT2D eigenvalue weighted by molar-refractivity contribution is 0.102.